The van der Waals surface area contributed by atoms with Crippen LogP contribution >= 0.6 is 0 Å². The lowest BCUT2D eigenvalue weighted by Gasteiger charge is -2.09. The van der Waals surface area contributed by atoms with Crippen LogP contribution in [-0.2, 0) is 10.8 Å². The molecule has 6 heteroatoms. The first-order valence-electron chi connectivity index (χ1n) is 5.75. The van der Waals surface area contributed by atoms with Gasteiger partial charge < -0.3 is 10.6 Å². The highest BCUT2D eigenvalue weighted by Gasteiger charge is 2.01. The molecule has 2 N–H and O–H groups in total. The smallest absolute Gasteiger partial charge is 0.131 e. The SMILES string of the molecule is CCCNc1cc(NCCS(C)=O)nc(C)n1. The molecule has 0 aromatic carbocycles. The minimum Gasteiger partial charge on any atom is -0.370 e. The summed E-state index contributed by atoms with van der Waals surface area (Å²) in [5, 5.41) is 6.37. The molecule has 1 rings (SSSR count). The number of aromatic nitrogens is 2. The molecule has 0 amide bonds. The summed E-state index contributed by atoms with van der Waals surface area (Å²) in [7, 11) is -0.776. The Morgan fingerprint density at radius 3 is 2.35 bits per heavy atom. The summed E-state index contributed by atoms with van der Waals surface area (Å²) in [6.45, 7) is 5.53. The predicted molar refractivity (Wildman–Crippen MR) is 73.0 cm³/mol. The maximum Gasteiger partial charge on any atom is 0.131 e. The Hall–Kier alpha value is -1.17. The van der Waals surface area contributed by atoms with Crippen molar-refractivity contribution in [3.05, 3.63) is 11.9 Å². The lowest BCUT2D eigenvalue weighted by atomic mass is 10.4. The van der Waals surface area contributed by atoms with Gasteiger partial charge in [-0.05, 0) is 13.3 Å². The van der Waals surface area contributed by atoms with E-state index >= 15 is 0 Å². The molecule has 1 heterocycles. The summed E-state index contributed by atoms with van der Waals surface area (Å²) in [4.78, 5) is 8.57. The Morgan fingerprint density at radius 2 is 1.82 bits per heavy atom. The van der Waals surface area contributed by atoms with Crippen LogP contribution in [0.25, 0.3) is 0 Å². The Morgan fingerprint density at radius 1 is 1.24 bits per heavy atom. The highest BCUT2D eigenvalue weighted by atomic mass is 32.2. The van der Waals surface area contributed by atoms with E-state index in [1.165, 1.54) is 0 Å². The fourth-order valence-corrected chi connectivity index (χ4v) is 1.71. The van der Waals surface area contributed by atoms with Crippen LogP contribution in [0.4, 0.5) is 11.6 Å². The molecule has 0 aliphatic carbocycles. The number of nitrogens with one attached hydrogen (secondary N) is 2. The highest BCUT2D eigenvalue weighted by Crippen LogP contribution is 2.10. The topological polar surface area (TPSA) is 66.9 Å². The number of anilines is 2. The van der Waals surface area contributed by atoms with Crippen molar-refractivity contribution in [3.63, 3.8) is 0 Å². The van der Waals surface area contributed by atoms with Crippen molar-refractivity contribution in [2.75, 3.05) is 35.7 Å². The van der Waals surface area contributed by atoms with Gasteiger partial charge in [0, 0.05) is 42.0 Å². The molecule has 0 radical (unpaired) electrons. The van der Waals surface area contributed by atoms with Crippen LogP contribution in [-0.4, -0.2) is 39.3 Å². The summed E-state index contributed by atoms with van der Waals surface area (Å²) < 4.78 is 10.9. The normalized spacial score (nSPS) is 12.2. The molecule has 1 aromatic heterocycles. The third-order valence-corrected chi connectivity index (χ3v) is 2.87. The average molecular weight is 256 g/mol. The molecule has 0 saturated carbocycles. The van der Waals surface area contributed by atoms with Gasteiger partial charge in [0.05, 0.1) is 0 Å². The van der Waals surface area contributed by atoms with E-state index in [2.05, 4.69) is 27.5 Å². The predicted octanol–water partition coefficient (Wildman–Crippen LogP) is 1.40. The van der Waals surface area contributed by atoms with Gasteiger partial charge in [-0.1, -0.05) is 6.92 Å². The van der Waals surface area contributed by atoms with Gasteiger partial charge in [0.2, 0.25) is 0 Å². The monoisotopic (exact) mass is 256 g/mol. The fraction of sp³-hybridized carbons (Fsp3) is 0.636. The Labute approximate surface area is 105 Å². The van der Waals surface area contributed by atoms with Crippen molar-refractivity contribution in [2.24, 2.45) is 0 Å². The number of rotatable bonds is 7. The third kappa shape index (κ3) is 5.63. The second-order valence-corrected chi connectivity index (χ2v) is 5.37. The van der Waals surface area contributed by atoms with Crippen LogP contribution in [0.3, 0.4) is 0 Å². The number of nitrogens with zero attached hydrogens (tertiary/aromatic N) is 2. The Bertz CT molecular complexity index is 384. The van der Waals surface area contributed by atoms with E-state index in [1.54, 1.807) is 6.26 Å². The molecule has 0 bridgehead atoms. The molecular weight excluding hydrogens is 236 g/mol. The third-order valence-electron chi connectivity index (χ3n) is 2.09. The number of hydrogen-bond donors (Lipinski definition) is 2. The van der Waals surface area contributed by atoms with Crippen molar-refractivity contribution in [2.45, 2.75) is 20.3 Å². The Kier molecular flexibility index (Phi) is 5.90. The summed E-state index contributed by atoms with van der Waals surface area (Å²) in [6.07, 6.45) is 2.75. The van der Waals surface area contributed by atoms with Gasteiger partial charge in [-0.25, -0.2) is 9.97 Å². The van der Waals surface area contributed by atoms with Gasteiger partial charge in [0.15, 0.2) is 0 Å². The molecular formula is C11H20N4OS. The largest absolute Gasteiger partial charge is 0.370 e. The van der Waals surface area contributed by atoms with E-state index in [0.29, 0.717) is 12.3 Å². The summed E-state index contributed by atoms with van der Waals surface area (Å²) in [5.74, 6) is 2.97. The second-order valence-electron chi connectivity index (χ2n) is 3.82. The van der Waals surface area contributed by atoms with E-state index < -0.39 is 10.8 Å². The van der Waals surface area contributed by atoms with E-state index in [9.17, 15) is 4.21 Å². The Balaban J connectivity index is 2.58. The zero-order chi connectivity index (χ0) is 12.7. The van der Waals surface area contributed by atoms with E-state index in [4.69, 9.17) is 0 Å². The first kappa shape index (κ1) is 13.9. The molecule has 1 atom stereocenters. The molecule has 0 aliphatic rings. The average Bonchev–Trinajstić information content (AvgIpc) is 2.25. The minimum absolute atomic E-state index is 0.626. The van der Waals surface area contributed by atoms with Crippen LogP contribution in [0, 0.1) is 6.92 Å². The summed E-state index contributed by atoms with van der Waals surface area (Å²) in [6, 6.07) is 1.88. The van der Waals surface area contributed by atoms with Crippen LogP contribution in [0.5, 0.6) is 0 Å². The molecule has 5 nitrogen and oxygen atoms in total. The molecule has 17 heavy (non-hydrogen) atoms. The molecule has 0 aliphatic heterocycles. The molecule has 0 spiro atoms. The zero-order valence-corrected chi connectivity index (χ0v) is 11.4. The van der Waals surface area contributed by atoms with Gasteiger partial charge in [-0.2, -0.15) is 0 Å². The van der Waals surface area contributed by atoms with Crippen molar-refractivity contribution in [1.82, 2.24) is 9.97 Å². The molecule has 1 aromatic rings. The molecule has 1 unspecified atom stereocenters. The first-order chi connectivity index (χ1) is 8.11. The zero-order valence-electron chi connectivity index (χ0n) is 10.6. The van der Waals surface area contributed by atoms with E-state index in [1.807, 2.05) is 13.0 Å². The highest BCUT2D eigenvalue weighted by molar-refractivity contribution is 7.84. The van der Waals surface area contributed by atoms with Crippen molar-refractivity contribution in [1.29, 1.82) is 0 Å². The van der Waals surface area contributed by atoms with Crippen LogP contribution in [0.1, 0.15) is 19.2 Å². The van der Waals surface area contributed by atoms with Gasteiger partial charge in [0.25, 0.3) is 0 Å². The molecule has 96 valence electrons. The molecule has 0 saturated heterocycles. The quantitative estimate of drug-likeness (QED) is 0.772. The van der Waals surface area contributed by atoms with Crippen LogP contribution in [0.15, 0.2) is 6.07 Å². The van der Waals surface area contributed by atoms with Crippen molar-refractivity contribution < 1.29 is 4.21 Å². The maximum atomic E-state index is 10.9. The summed E-state index contributed by atoms with van der Waals surface area (Å²) in [5.41, 5.74) is 0. The van der Waals surface area contributed by atoms with Gasteiger partial charge in [-0.15, -0.1) is 0 Å². The lowest BCUT2D eigenvalue weighted by molar-refractivity contribution is 0.687. The van der Waals surface area contributed by atoms with Crippen LogP contribution in [0.2, 0.25) is 0 Å². The number of aryl methyl sites for hydroxylation is 1. The number of hydrogen-bond acceptors (Lipinski definition) is 5. The first-order valence-corrected chi connectivity index (χ1v) is 7.48. The van der Waals surface area contributed by atoms with E-state index in [0.717, 1.165) is 30.4 Å². The molecule has 0 fully saturated rings. The van der Waals surface area contributed by atoms with Crippen molar-refractivity contribution in [3.8, 4) is 0 Å². The minimum atomic E-state index is -0.776. The van der Waals surface area contributed by atoms with Gasteiger partial charge in [0.1, 0.15) is 17.5 Å². The fourth-order valence-electron chi connectivity index (χ4n) is 1.32. The van der Waals surface area contributed by atoms with Gasteiger partial charge in [-0.3, -0.25) is 4.21 Å². The van der Waals surface area contributed by atoms with E-state index in [-0.39, 0.29) is 0 Å². The standard InChI is InChI=1S/C11H20N4OS/c1-4-5-12-10-8-11(15-9(2)14-10)13-6-7-17(3)16/h8H,4-7H2,1-3H3,(H2,12,13,14,15). The summed E-state index contributed by atoms with van der Waals surface area (Å²) >= 11 is 0. The second kappa shape index (κ2) is 7.21. The van der Waals surface area contributed by atoms with Crippen LogP contribution < -0.4 is 10.6 Å². The lowest BCUT2D eigenvalue weighted by Crippen LogP contribution is -2.12. The van der Waals surface area contributed by atoms with Gasteiger partial charge >= 0.3 is 0 Å². The van der Waals surface area contributed by atoms with Crippen molar-refractivity contribution >= 4 is 22.4 Å². The maximum absolute atomic E-state index is 10.9.